The molecule has 27 heteroatoms. The molecule has 6 heterocycles. The molecule has 4 aromatic rings. The van der Waals surface area contributed by atoms with Gasteiger partial charge in [-0.2, -0.15) is 52.7 Å². The molecule has 0 saturated carbocycles. The van der Waals surface area contributed by atoms with Crippen molar-refractivity contribution in [2.24, 2.45) is 0 Å². The average molecular weight is 1150 g/mol. The Hall–Kier alpha value is -5.19. The van der Waals surface area contributed by atoms with Crippen LogP contribution in [-0.4, -0.2) is 140 Å². The molecular formula is C52H64ClF12LiN10O3. The fourth-order valence-corrected chi connectivity index (χ4v) is 9.30. The second-order valence-electron chi connectivity index (χ2n) is 19.3. The van der Waals surface area contributed by atoms with E-state index >= 15 is 0 Å². The van der Waals surface area contributed by atoms with Gasteiger partial charge in [0.2, 0.25) is 5.91 Å². The molecule has 8 rings (SSSR count). The van der Waals surface area contributed by atoms with Crippen molar-refractivity contribution in [1.29, 1.82) is 0 Å². The van der Waals surface area contributed by atoms with Crippen LogP contribution in [0.5, 0.6) is 0 Å². The minimum Gasteiger partial charge on any atom is -1.00 e. The maximum atomic E-state index is 12.8. The van der Waals surface area contributed by atoms with Gasteiger partial charge in [-0.05, 0) is 118 Å². The number of carboxylic acid groups (broad SMARTS) is 1. The molecule has 2 aromatic heterocycles. The van der Waals surface area contributed by atoms with Crippen LogP contribution >= 0.6 is 0 Å². The largest absolute Gasteiger partial charge is 1.00 e. The number of likely N-dealkylation sites (tertiary alicyclic amines) is 1. The Kier molecular flexibility index (Phi) is 25.7. The van der Waals surface area contributed by atoms with Gasteiger partial charge in [0.05, 0.1) is 35.3 Å². The molecule has 432 valence electrons. The number of carboxylic acids is 1. The number of rotatable bonds is 14. The van der Waals surface area contributed by atoms with Gasteiger partial charge in [-0.25, -0.2) is 9.97 Å². The van der Waals surface area contributed by atoms with E-state index in [9.17, 15) is 67.4 Å². The molecule has 0 atom stereocenters. The van der Waals surface area contributed by atoms with E-state index in [1.54, 1.807) is 0 Å². The number of nitrogens with two attached hydrogens (primary N) is 1. The maximum Gasteiger partial charge on any atom is 1.00 e. The van der Waals surface area contributed by atoms with Crippen LogP contribution in [0.1, 0.15) is 73.6 Å². The summed E-state index contributed by atoms with van der Waals surface area (Å²) in [5.74, 6) is -0.0334. The van der Waals surface area contributed by atoms with E-state index in [1.165, 1.54) is 36.4 Å². The fourth-order valence-electron chi connectivity index (χ4n) is 9.30. The first-order valence-corrected chi connectivity index (χ1v) is 25.6. The summed E-state index contributed by atoms with van der Waals surface area (Å²) < 4.78 is 151. The topological polar surface area (TPSA) is 140 Å². The number of hydrogen-bond donors (Lipinski definition) is 3. The minimum atomic E-state index is -4.42. The second-order valence-corrected chi connectivity index (χ2v) is 19.3. The van der Waals surface area contributed by atoms with Gasteiger partial charge in [-0.3, -0.25) is 14.6 Å². The monoisotopic (exact) mass is 1150 g/mol. The SMILES string of the molecule is FC(F)(F)c1ccc(NC2CC[NH2+]CC2)nc1.O=C(CCCN1CCN(c2ccc(C(F)(F)F)cc2)CC1)N1CCC(Nc2ccc(C(F)(F)F)cn2)CC1.O=C([O-])CCCN1CCN(c2ccc(C(F)(F)F)cc2)CC1.[Cl-].[Li+]. The van der Waals surface area contributed by atoms with E-state index in [4.69, 9.17) is 0 Å². The number of amides is 1. The van der Waals surface area contributed by atoms with Gasteiger partial charge in [0, 0.05) is 127 Å². The van der Waals surface area contributed by atoms with Crippen LogP contribution in [0.25, 0.3) is 0 Å². The predicted molar refractivity (Wildman–Crippen MR) is 264 cm³/mol. The summed E-state index contributed by atoms with van der Waals surface area (Å²) in [6.45, 7) is 10.7. The number of nitrogens with one attached hydrogen (secondary N) is 2. The number of piperazine rings is 2. The molecule has 0 aliphatic carbocycles. The zero-order valence-electron chi connectivity index (χ0n) is 43.6. The molecule has 79 heavy (non-hydrogen) atoms. The summed E-state index contributed by atoms with van der Waals surface area (Å²) in [6, 6.07) is 15.6. The Morgan fingerprint density at radius 1 is 0.506 bits per heavy atom. The summed E-state index contributed by atoms with van der Waals surface area (Å²) in [4.78, 5) is 41.0. The normalized spacial score (nSPS) is 17.2. The van der Waals surface area contributed by atoms with Gasteiger partial charge in [0.1, 0.15) is 11.6 Å². The number of anilines is 4. The van der Waals surface area contributed by atoms with E-state index in [0.717, 1.165) is 138 Å². The summed E-state index contributed by atoms with van der Waals surface area (Å²) in [5, 5.41) is 18.9. The molecule has 2 aromatic carbocycles. The Balaban J connectivity index is 0.000000278. The van der Waals surface area contributed by atoms with E-state index in [2.05, 4.69) is 40.6 Å². The van der Waals surface area contributed by atoms with Crippen molar-refractivity contribution in [1.82, 2.24) is 24.7 Å². The quantitative estimate of drug-likeness (QED) is 0.126. The number of quaternary nitrogens is 1. The molecule has 4 saturated heterocycles. The fraction of sp³-hybridized carbons (Fsp3) is 0.538. The molecule has 0 spiro atoms. The summed E-state index contributed by atoms with van der Waals surface area (Å²) in [6.07, 6.45) is -10.5. The van der Waals surface area contributed by atoms with Crippen LogP contribution in [0.15, 0.2) is 85.2 Å². The molecule has 0 unspecified atom stereocenters. The molecule has 4 fully saturated rings. The third-order valence-corrected chi connectivity index (χ3v) is 13.8. The van der Waals surface area contributed by atoms with Crippen molar-refractivity contribution in [3.8, 4) is 0 Å². The first-order valence-electron chi connectivity index (χ1n) is 25.6. The average Bonchev–Trinajstić information content (AvgIpc) is 3.39. The molecule has 4 N–H and O–H groups in total. The standard InChI is InChI=1S/C26H31F6N5O.C15H19F3N2O2.C11H14F3N3.ClH.Li/c27-25(28,29)19-3-6-22(7-4-19)36-16-14-35(15-17-36)11-1-2-24(38)37-12-9-21(10-13-37)34-23-8-5-20(18-33-23)26(30,31)32;16-15(17,18)12-3-5-13(6-4-12)20-10-8-19(9-11-20)7-1-2-14(21)22;12-11(13,14)8-1-2-10(16-7-8)17-9-3-5-15-6-4-9;;/h3-8,18,21H,1-2,9-17H2,(H,33,34);3-6H,1-2,7-11H2,(H,21,22);1-2,7,9,15H,3-6H2,(H,16,17);1H;/q;;;;+1/p-1. The van der Waals surface area contributed by atoms with Gasteiger partial charge < -0.3 is 53.0 Å². The van der Waals surface area contributed by atoms with Crippen LogP contribution in [-0.2, 0) is 34.3 Å². The zero-order valence-corrected chi connectivity index (χ0v) is 44.4. The van der Waals surface area contributed by atoms with E-state index in [-0.39, 0.29) is 49.6 Å². The zero-order chi connectivity index (χ0) is 55.8. The molecule has 4 aliphatic heterocycles. The predicted octanol–water partition coefficient (Wildman–Crippen LogP) is 1.73. The van der Waals surface area contributed by atoms with E-state index in [1.807, 2.05) is 9.80 Å². The number of carbonyl (C=O) groups excluding carboxylic acids is 2. The molecule has 0 radical (unpaired) electrons. The molecule has 4 aliphatic rings. The van der Waals surface area contributed by atoms with Gasteiger partial charge in [0.15, 0.2) is 0 Å². The number of piperidine rings is 2. The number of carbonyl (C=O) groups is 2. The van der Waals surface area contributed by atoms with Crippen molar-refractivity contribution in [3.05, 3.63) is 107 Å². The Labute approximate surface area is 469 Å². The van der Waals surface area contributed by atoms with Gasteiger partial charge in [0.25, 0.3) is 0 Å². The number of halogens is 13. The Morgan fingerprint density at radius 2 is 0.861 bits per heavy atom. The Bertz CT molecular complexity index is 2410. The van der Waals surface area contributed by atoms with Crippen LogP contribution in [0.3, 0.4) is 0 Å². The van der Waals surface area contributed by atoms with Crippen molar-refractivity contribution < 1.29 is 104 Å². The molecular weight excluding hydrogens is 1080 g/mol. The number of aliphatic carboxylic acids is 1. The van der Waals surface area contributed by atoms with E-state index < -0.39 is 52.9 Å². The summed E-state index contributed by atoms with van der Waals surface area (Å²) in [7, 11) is 0. The number of alkyl halides is 12. The van der Waals surface area contributed by atoms with E-state index in [0.29, 0.717) is 76.1 Å². The first kappa shape index (κ1) is 66.3. The number of pyridine rings is 2. The van der Waals surface area contributed by atoms with Crippen LogP contribution < -0.4 is 62.1 Å². The summed E-state index contributed by atoms with van der Waals surface area (Å²) >= 11 is 0. The van der Waals surface area contributed by atoms with Crippen LogP contribution in [0.4, 0.5) is 75.7 Å². The van der Waals surface area contributed by atoms with Gasteiger partial charge in [-0.15, -0.1) is 0 Å². The van der Waals surface area contributed by atoms with Crippen molar-refractivity contribution in [3.63, 3.8) is 0 Å². The number of aromatic nitrogens is 2. The number of nitrogens with zero attached hydrogens (tertiary/aromatic N) is 7. The maximum absolute atomic E-state index is 12.8. The third kappa shape index (κ3) is 22.0. The number of hydrogen-bond acceptors (Lipinski definition) is 11. The second kappa shape index (κ2) is 30.6. The first-order chi connectivity index (χ1) is 36.4. The summed E-state index contributed by atoms with van der Waals surface area (Å²) in [5.41, 5.74) is -1.23. The molecule has 0 bridgehead atoms. The number of benzene rings is 2. The Morgan fingerprint density at radius 3 is 1.20 bits per heavy atom. The third-order valence-electron chi connectivity index (χ3n) is 13.8. The smallest absolute Gasteiger partial charge is 1.00 e. The molecule has 1 amide bonds. The van der Waals surface area contributed by atoms with Crippen molar-refractivity contribution in [2.45, 2.75) is 88.2 Å². The van der Waals surface area contributed by atoms with Crippen molar-refractivity contribution in [2.75, 3.05) is 112 Å². The van der Waals surface area contributed by atoms with Crippen LogP contribution in [0.2, 0.25) is 0 Å². The minimum absolute atomic E-state index is 0. The van der Waals surface area contributed by atoms with Gasteiger partial charge in [-0.1, -0.05) is 0 Å². The molecule has 13 nitrogen and oxygen atoms in total. The van der Waals surface area contributed by atoms with Crippen LogP contribution in [0, 0.1) is 0 Å². The van der Waals surface area contributed by atoms with Gasteiger partial charge >= 0.3 is 43.6 Å². The van der Waals surface area contributed by atoms with Crippen molar-refractivity contribution >= 4 is 34.9 Å².